The van der Waals surface area contributed by atoms with Crippen molar-refractivity contribution in [3.8, 4) is 0 Å². The third-order valence-electron chi connectivity index (χ3n) is 4.38. The van der Waals surface area contributed by atoms with E-state index in [4.69, 9.17) is 0 Å². The van der Waals surface area contributed by atoms with Gasteiger partial charge < -0.3 is 10.6 Å². The molecule has 5 heteroatoms. The van der Waals surface area contributed by atoms with Crippen molar-refractivity contribution < 1.29 is 8.78 Å². The molecule has 1 saturated carbocycles. The highest BCUT2D eigenvalue weighted by Gasteiger charge is 2.39. The van der Waals surface area contributed by atoms with E-state index in [1.807, 2.05) is 6.07 Å². The van der Waals surface area contributed by atoms with Crippen molar-refractivity contribution in [2.75, 3.05) is 7.05 Å². The van der Waals surface area contributed by atoms with Crippen LogP contribution in [0.1, 0.15) is 29.0 Å². The van der Waals surface area contributed by atoms with E-state index in [1.54, 1.807) is 7.05 Å². The normalized spacial score (nSPS) is 19.9. The molecule has 1 fully saturated rings. The Bertz CT molecular complexity index is 758. The molecule has 2 unspecified atom stereocenters. The summed E-state index contributed by atoms with van der Waals surface area (Å²) in [6.45, 7) is 2.30. The van der Waals surface area contributed by atoms with Gasteiger partial charge in [0.2, 0.25) is 0 Å². The van der Waals surface area contributed by atoms with Gasteiger partial charge in [0.05, 0.1) is 0 Å². The molecule has 0 radical (unpaired) electrons. The van der Waals surface area contributed by atoms with Gasteiger partial charge in [-0.15, -0.1) is 0 Å². The number of aliphatic imine (C=N–C) groups is 1. The molecule has 126 valence electrons. The number of rotatable bonds is 4. The lowest BCUT2D eigenvalue weighted by atomic mass is 10.0. The van der Waals surface area contributed by atoms with E-state index in [9.17, 15) is 8.78 Å². The quantitative estimate of drug-likeness (QED) is 0.665. The number of hydrogen-bond donors (Lipinski definition) is 2. The summed E-state index contributed by atoms with van der Waals surface area (Å²) in [6, 6.07) is 12.1. The summed E-state index contributed by atoms with van der Waals surface area (Å²) >= 11 is 0. The molecule has 0 aliphatic heterocycles. The summed E-state index contributed by atoms with van der Waals surface area (Å²) in [5, 5.41) is 6.39. The summed E-state index contributed by atoms with van der Waals surface area (Å²) in [5.41, 5.74) is 2.92. The molecule has 2 N–H and O–H groups in total. The molecule has 0 saturated heterocycles. The van der Waals surface area contributed by atoms with Crippen LogP contribution < -0.4 is 10.6 Å². The van der Waals surface area contributed by atoms with Crippen LogP contribution in [-0.4, -0.2) is 19.0 Å². The highest BCUT2D eigenvalue weighted by atomic mass is 19.1. The molecule has 1 aliphatic carbocycles. The number of nitrogens with one attached hydrogen (secondary N) is 2. The minimum atomic E-state index is -0.446. The van der Waals surface area contributed by atoms with Crippen molar-refractivity contribution in [3.05, 3.63) is 70.8 Å². The number of hydrogen-bond acceptors (Lipinski definition) is 1. The van der Waals surface area contributed by atoms with Crippen LogP contribution in [0.4, 0.5) is 8.78 Å². The summed E-state index contributed by atoms with van der Waals surface area (Å²) in [4.78, 5) is 4.16. The Morgan fingerprint density at radius 3 is 2.75 bits per heavy atom. The summed E-state index contributed by atoms with van der Waals surface area (Å²) in [5.74, 6) is 0.192. The largest absolute Gasteiger partial charge is 0.353 e. The molecule has 2 atom stereocenters. The fourth-order valence-electron chi connectivity index (χ4n) is 2.93. The molecule has 0 bridgehead atoms. The van der Waals surface area contributed by atoms with Crippen LogP contribution in [-0.2, 0) is 6.54 Å². The van der Waals surface area contributed by atoms with E-state index in [0.29, 0.717) is 17.9 Å². The first-order valence-corrected chi connectivity index (χ1v) is 8.05. The van der Waals surface area contributed by atoms with Crippen LogP contribution >= 0.6 is 0 Å². The predicted molar refractivity (Wildman–Crippen MR) is 92.0 cm³/mol. The molecular formula is C19H21F2N3. The average molecular weight is 329 g/mol. The Morgan fingerprint density at radius 2 is 2.00 bits per heavy atom. The summed E-state index contributed by atoms with van der Waals surface area (Å²) in [7, 11) is 1.67. The van der Waals surface area contributed by atoms with Gasteiger partial charge in [0.15, 0.2) is 5.96 Å². The topological polar surface area (TPSA) is 36.4 Å². The van der Waals surface area contributed by atoms with Crippen molar-refractivity contribution in [2.24, 2.45) is 4.99 Å². The van der Waals surface area contributed by atoms with Crippen LogP contribution in [0.25, 0.3) is 0 Å². The smallest absolute Gasteiger partial charge is 0.191 e. The molecule has 0 heterocycles. The Balaban J connectivity index is 1.57. The van der Waals surface area contributed by atoms with Crippen molar-refractivity contribution in [3.63, 3.8) is 0 Å². The molecule has 3 rings (SSSR count). The Hall–Kier alpha value is -2.43. The number of nitrogens with zero attached hydrogens (tertiary/aromatic N) is 1. The van der Waals surface area contributed by atoms with E-state index in [0.717, 1.165) is 18.6 Å². The van der Waals surface area contributed by atoms with Gasteiger partial charge in [-0.3, -0.25) is 4.99 Å². The first kappa shape index (κ1) is 16.4. The van der Waals surface area contributed by atoms with Crippen LogP contribution in [0.15, 0.2) is 47.5 Å². The van der Waals surface area contributed by atoms with Crippen LogP contribution in [0.5, 0.6) is 0 Å². The molecule has 0 aromatic heterocycles. The zero-order valence-electron chi connectivity index (χ0n) is 13.8. The Kier molecular flexibility index (Phi) is 4.79. The first-order chi connectivity index (χ1) is 11.6. The lowest BCUT2D eigenvalue weighted by Crippen LogP contribution is -2.38. The van der Waals surface area contributed by atoms with Crippen LogP contribution in [0, 0.1) is 18.6 Å². The average Bonchev–Trinajstić information content (AvgIpc) is 3.33. The monoisotopic (exact) mass is 329 g/mol. The number of aryl methyl sites for hydroxylation is 1. The zero-order valence-corrected chi connectivity index (χ0v) is 13.8. The fourth-order valence-corrected chi connectivity index (χ4v) is 2.93. The second-order valence-electron chi connectivity index (χ2n) is 6.11. The van der Waals surface area contributed by atoms with Crippen LogP contribution in [0.2, 0.25) is 0 Å². The summed E-state index contributed by atoms with van der Waals surface area (Å²) in [6.07, 6.45) is 1.04. The van der Waals surface area contributed by atoms with Gasteiger partial charge in [-0.2, -0.15) is 0 Å². The maximum absolute atomic E-state index is 13.7. The molecular weight excluding hydrogens is 308 g/mol. The van der Waals surface area contributed by atoms with E-state index < -0.39 is 11.6 Å². The molecule has 0 spiro atoms. The molecule has 2 aromatic carbocycles. The van der Waals surface area contributed by atoms with Gasteiger partial charge in [-0.25, -0.2) is 8.78 Å². The molecule has 3 nitrogen and oxygen atoms in total. The van der Waals surface area contributed by atoms with Gasteiger partial charge in [0.1, 0.15) is 11.6 Å². The molecule has 1 aliphatic rings. The zero-order chi connectivity index (χ0) is 17.1. The van der Waals surface area contributed by atoms with E-state index in [1.165, 1.54) is 17.2 Å². The third-order valence-corrected chi connectivity index (χ3v) is 4.38. The fraction of sp³-hybridized carbons (Fsp3) is 0.316. The van der Waals surface area contributed by atoms with Crippen LogP contribution in [0.3, 0.4) is 0 Å². The second kappa shape index (κ2) is 6.99. The maximum Gasteiger partial charge on any atom is 0.191 e. The van der Waals surface area contributed by atoms with Crippen molar-refractivity contribution >= 4 is 5.96 Å². The molecule has 0 amide bonds. The van der Waals surface area contributed by atoms with Crippen molar-refractivity contribution in [2.45, 2.75) is 31.8 Å². The maximum atomic E-state index is 13.7. The Labute approximate surface area is 140 Å². The number of halogens is 2. The van der Waals surface area contributed by atoms with E-state index in [2.05, 4.69) is 40.7 Å². The highest BCUT2D eigenvalue weighted by Crippen LogP contribution is 2.41. The SMILES string of the molecule is CN=C(NCc1cc(F)ccc1F)NC1CC1c1ccccc1C. The van der Waals surface area contributed by atoms with Gasteiger partial charge in [-0.1, -0.05) is 24.3 Å². The van der Waals surface area contributed by atoms with Gasteiger partial charge in [0.25, 0.3) is 0 Å². The lowest BCUT2D eigenvalue weighted by Gasteiger charge is -2.13. The minimum absolute atomic E-state index is 0.186. The van der Waals surface area contributed by atoms with Crippen molar-refractivity contribution in [1.29, 1.82) is 0 Å². The van der Waals surface area contributed by atoms with E-state index >= 15 is 0 Å². The van der Waals surface area contributed by atoms with E-state index in [-0.39, 0.29) is 12.1 Å². The standard InChI is InChI=1S/C19H21F2N3/c1-12-5-3-4-6-15(12)16-10-18(16)24-19(22-2)23-11-13-9-14(20)7-8-17(13)21/h3-9,16,18H,10-11H2,1-2H3,(H2,22,23,24). The van der Waals surface area contributed by atoms with Gasteiger partial charge in [0, 0.05) is 31.1 Å². The predicted octanol–water partition coefficient (Wildman–Crippen LogP) is 3.49. The third kappa shape index (κ3) is 3.72. The van der Waals surface area contributed by atoms with Gasteiger partial charge in [-0.05, 0) is 42.7 Å². The first-order valence-electron chi connectivity index (χ1n) is 8.05. The Morgan fingerprint density at radius 1 is 1.21 bits per heavy atom. The minimum Gasteiger partial charge on any atom is -0.353 e. The summed E-state index contributed by atoms with van der Waals surface area (Å²) < 4.78 is 26.9. The number of benzene rings is 2. The second-order valence-corrected chi connectivity index (χ2v) is 6.11. The van der Waals surface area contributed by atoms with Gasteiger partial charge >= 0.3 is 0 Å². The highest BCUT2D eigenvalue weighted by molar-refractivity contribution is 5.80. The number of guanidine groups is 1. The molecule has 24 heavy (non-hydrogen) atoms. The van der Waals surface area contributed by atoms with Crippen molar-refractivity contribution in [1.82, 2.24) is 10.6 Å². The molecule has 2 aromatic rings. The lowest BCUT2D eigenvalue weighted by molar-refractivity contribution is 0.581.